The second-order valence-corrected chi connectivity index (χ2v) is 3.80. The summed E-state index contributed by atoms with van der Waals surface area (Å²) in [6.07, 6.45) is 0.762. The van der Waals surface area contributed by atoms with Crippen LogP contribution in [-0.2, 0) is 0 Å². The quantitative estimate of drug-likeness (QED) is 0.445. The number of anilines is 1. The molecule has 0 aromatic heterocycles. The average Bonchev–Trinajstić information content (AvgIpc) is 2.35. The predicted octanol–water partition coefficient (Wildman–Crippen LogP) is 1.39. The summed E-state index contributed by atoms with van der Waals surface area (Å²) in [5.74, 6) is 0.738. The van der Waals surface area contributed by atoms with Crippen LogP contribution in [0, 0.1) is 22.7 Å². The Morgan fingerprint density at radius 3 is 2.56 bits per heavy atom. The van der Waals surface area contributed by atoms with E-state index in [0.717, 1.165) is 12.2 Å². The van der Waals surface area contributed by atoms with Crippen LogP contribution in [0.25, 0.3) is 0 Å². The van der Waals surface area contributed by atoms with Crippen molar-refractivity contribution >= 4 is 5.69 Å². The number of nitriles is 2. The van der Waals surface area contributed by atoms with Crippen LogP contribution in [0.3, 0.4) is 0 Å². The Labute approximate surface area is 107 Å². The molecule has 2 N–H and O–H groups in total. The highest BCUT2D eigenvalue weighted by molar-refractivity contribution is 5.43. The first-order valence-electron chi connectivity index (χ1n) is 5.71. The molecule has 1 aromatic rings. The van der Waals surface area contributed by atoms with E-state index >= 15 is 0 Å². The first-order chi connectivity index (χ1) is 8.76. The van der Waals surface area contributed by atoms with Crippen LogP contribution >= 0.6 is 0 Å². The fraction of sp³-hybridized carbons (Fsp3) is 0.385. The number of benzene rings is 1. The Kier molecular flexibility index (Phi) is 6.10. The van der Waals surface area contributed by atoms with Crippen LogP contribution in [0.2, 0.25) is 0 Å². The fourth-order valence-electron chi connectivity index (χ4n) is 1.50. The summed E-state index contributed by atoms with van der Waals surface area (Å²) in [6, 6.07) is 11.3. The zero-order chi connectivity index (χ0) is 13.2. The van der Waals surface area contributed by atoms with E-state index in [0.29, 0.717) is 18.8 Å². The average molecular weight is 244 g/mol. The van der Waals surface area contributed by atoms with E-state index in [9.17, 15) is 0 Å². The van der Waals surface area contributed by atoms with Crippen molar-refractivity contribution in [1.82, 2.24) is 4.90 Å². The monoisotopic (exact) mass is 244 g/mol. The number of hydrogen-bond donors (Lipinski definition) is 1. The van der Waals surface area contributed by atoms with Crippen molar-refractivity contribution in [2.45, 2.75) is 6.42 Å². The second kappa shape index (κ2) is 7.94. The molecule has 5 heteroatoms. The van der Waals surface area contributed by atoms with Gasteiger partial charge in [0, 0.05) is 18.3 Å². The van der Waals surface area contributed by atoms with Gasteiger partial charge in [-0.3, -0.25) is 4.90 Å². The van der Waals surface area contributed by atoms with Crippen LogP contribution in [0.15, 0.2) is 24.3 Å². The lowest BCUT2D eigenvalue weighted by molar-refractivity contribution is 0.264. The first kappa shape index (κ1) is 13.8. The van der Waals surface area contributed by atoms with Gasteiger partial charge in [-0.2, -0.15) is 10.5 Å². The maximum atomic E-state index is 8.58. The molecule has 0 atom stereocenters. The molecular weight excluding hydrogens is 228 g/mol. The topological polar surface area (TPSA) is 86.1 Å². The third-order valence-electron chi connectivity index (χ3n) is 2.33. The summed E-state index contributed by atoms with van der Waals surface area (Å²) in [6.45, 7) is 1.75. The molecule has 0 aliphatic carbocycles. The molecule has 0 fully saturated rings. The first-order valence-corrected chi connectivity index (χ1v) is 5.71. The molecular formula is C13H16N4O. The van der Waals surface area contributed by atoms with Crippen molar-refractivity contribution < 1.29 is 4.74 Å². The Morgan fingerprint density at radius 2 is 1.94 bits per heavy atom. The summed E-state index contributed by atoms with van der Waals surface area (Å²) < 4.78 is 5.52. The number of rotatable bonds is 7. The van der Waals surface area contributed by atoms with Gasteiger partial charge in [-0.25, -0.2) is 0 Å². The van der Waals surface area contributed by atoms with Crippen molar-refractivity contribution in [3.8, 4) is 17.9 Å². The van der Waals surface area contributed by atoms with Gasteiger partial charge in [-0.1, -0.05) is 6.07 Å². The number of nitrogens with two attached hydrogens (primary N) is 1. The molecule has 0 amide bonds. The van der Waals surface area contributed by atoms with Crippen molar-refractivity contribution in [1.29, 1.82) is 10.5 Å². The maximum absolute atomic E-state index is 8.58. The molecule has 18 heavy (non-hydrogen) atoms. The molecule has 0 bridgehead atoms. The van der Waals surface area contributed by atoms with Crippen LogP contribution < -0.4 is 10.5 Å². The third-order valence-corrected chi connectivity index (χ3v) is 2.33. The Hall–Kier alpha value is -2.24. The Balaban J connectivity index is 2.26. The van der Waals surface area contributed by atoms with Crippen LogP contribution in [0.5, 0.6) is 5.75 Å². The minimum absolute atomic E-state index is 0.270. The SMILES string of the molecule is N#CCN(CC#N)CCCOc1cccc(N)c1. The number of ether oxygens (including phenoxy) is 1. The van der Waals surface area contributed by atoms with Gasteiger partial charge < -0.3 is 10.5 Å². The van der Waals surface area contributed by atoms with Gasteiger partial charge in [0.2, 0.25) is 0 Å². The Morgan fingerprint density at radius 1 is 1.22 bits per heavy atom. The molecule has 0 saturated heterocycles. The van der Waals surface area contributed by atoms with E-state index in [-0.39, 0.29) is 13.1 Å². The standard InChI is InChI=1S/C13H16N4O/c14-5-8-17(9-6-15)7-2-10-18-13-4-1-3-12(16)11-13/h1,3-4,11H,2,7-10,16H2. The largest absolute Gasteiger partial charge is 0.493 e. The lowest BCUT2D eigenvalue weighted by Gasteiger charge is -2.15. The number of nitrogens with zero attached hydrogens (tertiary/aromatic N) is 3. The van der Waals surface area contributed by atoms with E-state index in [4.69, 9.17) is 21.0 Å². The molecule has 5 nitrogen and oxygen atoms in total. The normalized spacial score (nSPS) is 9.72. The second-order valence-electron chi connectivity index (χ2n) is 3.80. The molecule has 1 rings (SSSR count). The molecule has 94 valence electrons. The molecule has 0 spiro atoms. The lowest BCUT2D eigenvalue weighted by atomic mass is 10.3. The van der Waals surface area contributed by atoms with Crippen molar-refractivity contribution in [3.05, 3.63) is 24.3 Å². The Bertz CT molecular complexity index is 431. The summed E-state index contributed by atoms with van der Waals surface area (Å²) in [5.41, 5.74) is 6.30. The zero-order valence-electron chi connectivity index (χ0n) is 10.2. The van der Waals surface area contributed by atoms with Crippen LogP contribution in [0.4, 0.5) is 5.69 Å². The highest BCUT2D eigenvalue weighted by atomic mass is 16.5. The van der Waals surface area contributed by atoms with Crippen LogP contribution in [-0.4, -0.2) is 31.1 Å². The highest BCUT2D eigenvalue weighted by Crippen LogP contribution is 2.14. The van der Waals surface area contributed by atoms with Crippen molar-refractivity contribution in [3.63, 3.8) is 0 Å². The van der Waals surface area contributed by atoms with Crippen molar-refractivity contribution in [2.75, 3.05) is 32.0 Å². The summed E-state index contributed by atoms with van der Waals surface area (Å²) in [4.78, 5) is 1.78. The molecule has 1 aromatic carbocycles. The molecule has 0 radical (unpaired) electrons. The molecule has 0 saturated carbocycles. The number of nitrogen functional groups attached to an aromatic ring is 1. The molecule has 0 aliphatic heterocycles. The van der Waals surface area contributed by atoms with Gasteiger partial charge in [-0.15, -0.1) is 0 Å². The van der Waals surface area contributed by atoms with E-state index in [1.807, 2.05) is 24.3 Å². The van der Waals surface area contributed by atoms with Gasteiger partial charge in [0.05, 0.1) is 31.8 Å². The zero-order valence-corrected chi connectivity index (χ0v) is 10.2. The molecule has 0 heterocycles. The number of hydrogen-bond acceptors (Lipinski definition) is 5. The minimum Gasteiger partial charge on any atom is -0.493 e. The molecule has 0 aliphatic rings. The third kappa shape index (κ3) is 5.20. The van der Waals surface area contributed by atoms with Gasteiger partial charge in [-0.05, 0) is 18.6 Å². The van der Waals surface area contributed by atoms with E-state index in [2.05, 4.69) is 0 Å². The minimum atomic E-state index is 0.270. The maximum Gasteiger partial charge on any atom is 0.121 e. The van der Waals surface area contributed by atoms with E-state index in [1.165, 1.54) is 0 Å². The lowest BCUT2D eigenvalue weighted by Crippen LogP contribution is -2.26. The smallest absolute Gasteiger partial charge is 0.121 e. The summed E-state index contributed by atoms with van der Waals surface area (Å²) in [7, 11) is 0. The molecule has 0 unspecified atom stereocenters. The van der Waals surface area contributed by atoms with Gasteiger partial charge in [0.15, 0.2) is 0 Å². The summed E-state index contributed by atoms with van der Waals surface area (Å²) in [5, 5.41) is 17.2. The summed E-state index contributed by atoms with van der Waals surface area (Å²) >= 11 is 0. The van der Waals surface area contributed by atoms with E-state index < -0.39 is 0 Å². The van der Waals surface area contributed by atoms with Gasteiger partial charge in [0.1, 0.15) is 5.75 Å². The fourth-order valence-corrected chi connectivity index (χ4v) is 1.50. The van der Waals surface area contributed by atoms with Crippen LogP contribution in [0.1, 0.15) is 6.42 Å². The van der Waals surface area contributed by atoms with Gasteiger partial charge >= 0.3 is 0 Å². The predicted molar refractivity (Wildman–Crippen MR) is 68.6 cm³/mol. The van der Waals surface area contributed by atoms with E-state index in [1.54, 1.807) is 17.0 Å². The van der Waals surface area contributed by atoms with Gasteiger partial charge in [0.25, 0.3) is 0 Å². The van der Waals surface area contributed by atoms with Crippen molar-refractivity contribution in [2.24, 2.45) is 0 Å². The highest BCUT2D eigenvalue weighted by Gasteiger charge is 2.03.